The average molecular weight is 355 g/mol. The molecule has 0 aliphatic heterocycles. The summed E-state index contributed by atoms with van der Waals surface area (Å²) in [6.45, 7) is 0.0596. The van der Waals surface area contributed by atoms with Crippen LogP contribution in [0.3, 0.4) is 0 Å². The zero-order chi connectivity index (χ0) is 13.1. The maximum Gasteiger partial charge on any atom is 0.267 e. The van der Waals surface area contributed by atoms with Crippen LogP contribution < -0.4 is 5.56 Å². The van der Waals surface area contributed by atoms with E-state index in [1.54, 1.807) is 0 Å². The van der Waals surface area contributed by atoms with Gasteiger partial charge in [0.1, 0.15) is 5.82 Å². The molecular weight excluding hydrogens is 348 g/mol. The lowest BCUT2D eigenvalue weighted by molar-refractivity contribution is 0.593. The van der Waals surface area contributed by atoms with E-state index in [4.69, 9.17) is 5.26 Å². The highest BCUT2D eigenvalue weighted by molar-refractivity contribution is 14.1. The molecule has 1 heterocycles. The number of benzene rings is 1. The van der Waals surface area contributed by atoms with Crippen LogP contribution in [0.2, 0.25) is 0 Å². The molecule has 18 heavy (non-hydrogen) atoms. The van der Waals surface area contributed by atoms with Gasteiger partial charge in [0.25, 0.3) is 5.56 Å². The first-order valence-electron chi connectivity index (χ1n) is 5.00. The molecule has 6 heteroatoms. The Kier molecular flexibility index (Phi) is 3.72. The van der Waals surface area contributed by atoms with Crippen molar-refractivity contribution in [3.8, 4) is 6.07 Å². The highest BCUT2D eigenvalue weighted by Gasteiger charge is 2.07. The summed E-state index contributed by atoms with van der Waals surface area (Å²) in [5, 5.41) is 8.76. The Morgan fingerprint density at radius 2 is 2.28 bits per heavy atom. The molecule has 0 aliphatic rings. The summed E-state index contributed by atoms with van der Waals surface area (Å²) in [6.07, 6.45) is 2.80. The number of hydrogen-bond acceptors (Lipinski definition) is 3. The van der Waals surface area contributed by atoms with Crippen LogP contribution in [-0.2, 0) is 6.54 Å². The quantitative estimate of drug-likeness (QED) is 0.774. The molecule has 0 radical (unpaired) electrons. The van der Waals surface area contributed by atoms with Gasteiger partial charge in [-0.1, -0.05) is 0 Å². The minimum Gasteiger partial charge on any atom is -0.294 e. The van der Waals surface area contributed by atoms with E-state index in [0.29, 0.717) is 14.7 Å². The Morgan fingerprint density at radius 3 is 3.00 bits per heavy atom. The fraction of sp³-hybridized carbons (Fsp3) is 0.0833. The third-order valence-corrected chi connectivity index (χ3v) is 3.11. The summed E-state index contributed by atoms with van der Waals surface area (Å²) in [6, 6.07) is 5.99. The van der Waals surface area contributed by atoms with Crippen LogP contribution in [0.1, 0.15) is 11.1 Å². The first kappa shape index (κ1) is 12.7. The van der Waals surface area contributed by atoms with Gasteiger partial charge in [-0.25, -0.2) is 9.37 Å². The molecule has 0 amide bonds. The van der Waals surface area contributed by atoms with Crippen LogP contribution in [-0.4, -0.2) is 9.55 Å². The number of hydrogen-bond donors (Lipinski definition) is 0. The van der Waals surface area contributed by atoms with Crippen molar-refractivity contribution < 1.29 is 4.39 Å². The Bertz CT molecular complexity index is 690. The van der Waals surface area contributed by atoms with E-state index < -0.39 is 5.82 Å². The molecular formula is C12H7FIN3O. The van der Waals surface area contributed by atoms with Crippen molar-refractivity contribution in [2.24, 2.45) is 0 Å². The van der Waals surface area contributed by atoms with Crippen LogP contribution in [0.15, 0.2) is 35.5 Å². The maximum atomic E-state index is 13.6. The van der Waals surface area contributed by atoms with Gasteiger partial charge in [0.15, 0.2) is 0 Å². The lowest BCUT2D eigenvalue weighted by Gasteiger charge is -2.06. The van der Waals surface area contributed by atoms with E-state index in [-0.39, 0.29) is 12.1 Å². The third-order valence-electron chi connectivity index (χ3n) is 2.37. The molecule has 0 saturated carbocycles. The molecule has 0 unspecified atom stereocenters. The Balaban J connectivity index is 2.43. The minimum absolute atomic E-state index is 0.0596. The topological polar surface area (TPSA) is 58.7 Å². The molecule has 1 aromatic carbocycles. The molecule has 0 fully saturated rings. The number of nitrogens with zero attached hydrogens (tertiary/aromatic N) is 3. The first-order valence-corrected chi connectivity index (χ1v) is 6.08. The van der Waals surface area contributed by atoms with Crippen LogP contribution in [0.5, 0.6) is 0 Å². The van der Waals surface area contributed by atoms with E-state index >= 15 is 0 Å². The van der Waals surface area contributed by atoms with E-state index in [0.717, 1.165) is 0 Å². The van der Waals surface area contributed by atoms with Crippen molar-refractivity contribution in [2.75, 3.05) is 0 Å². The average Bonchev–Trinajstić information content (AvgIpc) is 2.37. The summed E-state index contributed by atoms with van der Waals surface area (Å²) in [4.78, 5) is 15.6. The van der Waals surface area contributed by atoms with Crippen LogP contribution in [0.4, 0.5) is 4.39 Å². The van der Waals surface area contributed by atoms with E-state index in [9.17, 15) is 9.18 Å². The second kappa shape index (κ2) is 5.27. The van der Waals surface area contributed by atoms with Crippen LogP contribution >= 0.6 is 22.6 Å². The smallest absolute Gasteiger partial charge is 0.267 e. The van der Waals surface area contributed by atoms with Gasteiger partial charge >= 0.3 is 0 Å². The largest absolute Gasteiger partial charge is 0.294 e. The Labute approximate surface area is 116 Å². The molecule has 0 spiro atoms. The number of aromatic nitrogens is 2. The van der Waals surface area contributed by atoms with Crippen molar-refractivity contribution >= 4 is 22.6 Å². The second-order valence-corrected chi connectivity index (χ2v) is 4.75. The monoisotopic (exact) mass is 355 g/mol. The summed E-state index contributed by atoms with van der Waals surface area (Å²) in [5.41, 5.74) is 0.422. The minimum atomic E-state index is -0.445. The predicted octanol–water partition coefficient (Wildman–Crippen LogP) is 1.91. The standard InChI is InChI=1S/C12H7FIN3O/c13-10-2-1-8(4-15)3-9(10)6-17-7-16-5-11(14)12(17)18/h1-3,5,7H,6H2. The number of nitriles is 1. The van der Waals surface area contributed by atoms with Crippen LogP contribution in [0, 0.1) is 20.7 Å². The fourth-order valence-electron chi connectivity index (χ4n) is 1.49. The van der Waals surface area contributed by atoms with E-state index in [2.05, 4.69) is 4.98 Å². The zero-order valence-electron chi connectivity index (χ0n) is 9.10. The van der Waals surface area contributed by atoms with Crippen molar-refractivity contribution in [2.45, 2.75) is 6.54 Å². The number of halogens is 2. The molecule has 0 aliphatic carbocycles. The van der Waals surface area contributed by atoms with E-state index in [1.165, 1.54) is 35.3 Å². The van der Waals surface area contributed by atoms with Crippen LogP contribution in [0.25, 0.3) is 0 Å². The molecule has 90 valence electrons. The highest BCUT2D eigenvalue weighted by atomic mass is 127. The van der Waals surface area contributed by atoms with Crippen molar-refractivity contribution in [3.05, 3.63) is 61.6 Å². The molecule has 0 bridgehead atoms. The van der Waals surface area contributed by atoms with Gasteiger partial charge in [0.2, 0.25) is 0 Å². The molecule has 2 rings (SSSR count). The summed E-state index contributed by atoms with van der Waals surface area (Å²) in [7, 11) is 0. The second-order valence-electron chi connectivity index (χ2n) is 3.59. The zero-order valence-corrected chi connectivity index (χ0v) is 11.3. The lowest BCUT2D eigenvalue weighted by Crippen LogP contribution is -2.23. The predicted molar refractivity (Wildman–Crippen MR) is 71.4 cm³/mol. The van der Waals surface area contributed by atoms with Gasteiger partial charge in [0.05, 0.1) is 28.1 Å². The molecule has 2 aromatic rings. The van der Waals surface area contributed by atoms with Gasteiger partial charge in [0, 0.05) is 11.8 Å². The van der Waals surface area contributed by atoms with Gasteiger partial charge in [-0.05, 0) is 40.8 Å². The molecule has 0 saturated heterocycles. The fourth-order valence-corrected chi connectivity index (χ4v) is 1.96. The Hall–Kier alpha value is -1.75. The normalized spacial score (nSPS) is 10.1. The summed E-state index contributed by atoms with van der Waals surface area (Å²) < 4.78 is 15.3. The van der Waals surface area contributed by atoms with Gasteiger partial charge in [-0.3, -0.25) is 9.36 Å². The van der Waals surface area contributed by atoms with Gasteiger partial charge in [-0.15, -0.1) is 0 Å². The van der Waals surface area contributed by atoms with Crippen molar-refractivity contribution in [1.82, 2.24) is 9.55 Å². The van der Waals surface area contributed by atoms with Crippen molar-refractivity contribution in [1.29, 1.82) is 5.26 Å². The molecule has 0 atom stereocenters. The highest BCUT2D eigenvalue weighted by Crippen LogP contribution is 2.11. The van der Waals surface area contributed by atoms with Crippen molar-refractivity contribution in [3.63, 3.8) is 0 Å². The first-order chi connectivity index (χ1) is 8.61. The van der Waals surface area contributed by atoms with E-state index in [1.807, 2.05) is 28.7 Å². The Morgan fingerprint density at radius 1 is 1.50 bits per heavy atom. The molecule has 4 nitrogen and oxygen atoms in total. The van der Waals surface area contributed by atoms with Gasteiger partial charge in [-0.2, -0.15) is 5.26 Å². The molecule has 0 N–H and O–H groups in total. The SMILES string of the molecule is N#Cc1ccc(F)c(Cn2cncc(I)c2=O)c1. The van der Waals surface area contributed by atoms with Gasteiger partial charge < -0.3 is 0 Å². The maximum absolute atomic E-state index is 13.6. The molecule has 1 aromatic heterocycles. The third kappa shape index (κ3) is 2.56. The lowest BCUT2D eigenvalue weighted by atomic mass is 10.1. The summed E-state index contributed by atoms with van der Waals surface area (Å²) >= 11 is 1.87. The summed E-state index contributed by atoms with van der Waals surface area (Å²) in [5.74, 6) is -0.445. The number of rotatable bonds is 2.